The van der Waals surface area contributed by atoms with Crippen molar-refractivity contribution >= 4 is 29.6 Å². The average molecular weight is 521 g/mol. The van der Waals surface area contributed by atoms with Gasteiger partial charge in [0.1, 0.15) is 23.9 Å². The number of furan rings is 1. The first-order valence-electron chi connectivity index (χ1n) is 11.3. The Morgan fingerprint density at radius 3 is 2.43 bits per heavy atom. The van der Waals surface area contributed by atoms with Crippen LogP contribution < -0.4 is 20.6 Å². The molecule has 0 spiro atoms. The van der Waals surface area contributed by atoms with Crippen LogP contribution in [0.4, 0.5) is 0 Å². The summed E-state index contributed by atoms with van der Waals surface area (Å²) in [5, 5.41) is 4.19. The standard InChI is InChI=1S/C27H25ClN4O5/c1-17-3-4-18(2)32(17)20-6-8-21(9-7-20)35-15-22-10-12-25(37-22)27(34)31-30-14-19-5-11-24(23(28)13-19)36-16-26(29)33/h3-14H,15-16H2,1-2H3,(H2,29,33)(H,31,34)/b30-14+. The number of nitrogens with two attached hydrogens (primary N) is 1. The van der Waals surface area contributed by atoms with Gasteiger partial charge >= 0.3 is 5.91 Å². The van der Waals surface area contributed by atoms with Crippen molar-refractivity contribution in [3.8, 4) is 17.2 Å². The van der Waals surface area contributed by atoms with Gasteiger partial charge in [-0.1, -0.05) is 11.6 Å². The van der Waals surface area contributed by atoms with E-state index in [2.05, 4.69) is 41.1 Å². The van der Waals surface area contributed by atoms with E-state index in [1.807, 2.05) is 24.3 Å². The summed E-state index contributed by atoms with van der Waals surface area (Å²) >= 11 is 6.12. The van der Waals surface area contributed by atoms with Crippen LogP contribution in [-0.2, 0) is 11.4 Å². The molecule has 0 fully saturated rings. The van der Waals surface area contributed by atoms with Crippen LogP contribution in [0, 0.1) is 13.8 Å². The first-order valence-corrected chi connectivity index (χ1v) is 11.7. The quantitative estimate of drug-likeness (QED) is 0.235. The lowest BCUT2D eigenvalue weighted by Gasteiger charge is -2.10. The smallest absolute Gasteiger partial charge is 0.307 e. The second-order valence-electron chi connectivity index (χ2n) is 8.14. The molecular weight excluding hydrogens is 496 g/mol. The van der Waals surface area contributed by atoms with E-state index in [9.17, 15) is 9.59 Å². The second-order valence-corrected chi connectivity index (χ2v) is 8.55. The maximum atomic E-state index is 12.3. The summed E-state index contributed by atoms with van der Waals surface area (Å²) < 4.78 is 18.7. The summed E-state index contributed by atoms with van der Waals surface area (Å²) in [6.07, 6.45) is 1.41. The van der Waals surface area contributed by atoms with Gasteiger partial charge in [-0.15, -0.1) is 0 Å². The highest BCUT2D eigenvalue weighted by Crippen LogP contribution is 2.25. The molecule has 0 saturated heterocycles. The van der Waals surface area contributed by atoms with E-state index in [4.69, 9.17) is 31.2 Å². The molecule has 3 N–H and O–H groups in total. The van der Waals surface area contributed by atoms with Crippen LogP contribution in [0.15, 0.2) is 76.2 Å². The fraction of sp³-hybridized carbons (Fsp3) is 0.148. The number of carbonyl (C=O) groups is 2. The molecule has 0 radical (unpaired) electrons. The number of hydrogen-bond donors (Lipinski definition) is 2. The minimum atomic E-state index is -0.607. The molecule has 4 aromatic rings. The monoisotopic (exact) mass is 520 g/mol. The number of aryl methyl sites for hydroxylation is 2. The van der Waals surface area contributed by atoms with Crippen LogP contribution in [0.25, 0.3) is 5.69 Å². The van der Waals surface area contributed by atoms with E-state index in [0.717, 1.165) is 17.1 Å². The lowest BCUT2D eigenvalue weighted by Crippen LogP contribution is -2.20. The average Bonchev–Trinajstić information content (AvgIpc) is 3.48. The molecule has 2 heterocycles. The van der Waals surface area contributed by atoms with Gasteiger partial charge in [0.2, 0.25) is 0 Å². The van der Waals surface area contributed by atoms with Crippen LogP contribution in [-0.4, -0.2) is 29.2 Å². The van der Waals surface area contributed by atoms with Crippen LogP contribution in [0.1, 0.15) is 33.3 Å². The van der Waals surface area contributed by atoms with E-state index in [1.54, 1.807) is 30.3 Å². The van der Waals surface area contributed by atoms with Gasteiger partial charge in [0.05, 0.1) is 11.2 Å². The molecular formula is C27H25ClN4O5. The van der Waals surface area contributed by atoms with Crippen molar-refractivity contribution in [1.29, 1.82) is 0 Å². The molecule has 0 aliphatic rings. The molecule has 9 nitrogen and oxygen atoms in total. The predicted molar refractivity (Wildman–Crippen MR) is 139 cm³/mol. The van der Waals surface area contributed by atoms with Crippen LogP contribution >= 0.6 is 11.6 Å². The van der Waals surface area contributed by atoms with Crippen molar-refractivity contribution in [3.05, 3.63) is 100 Å². The fourth-order valence-corrected chi connectivity index (χ4v) is 3.83. The van der Waals surface area contributed by atoms with Gasteiger partial charge < -0.3 is 24.2 Å². The third-order valence-electron chi connectivity index (χ3n) is 5.34. The maximum Gasteiger partial charge on any atom is 0.307 e. The molecule has 2 aromatic carbocycles. The Kier molecular flexibility index (Phi) is 7.95. The van der Waals surface area contributed by atoms with Gasteiger partial charge in [0.15, 0.2) is 12.4 Å². The van der Waals surface area contributed by atoms with E-state index >= 15 is 0 Å². The molecule has 0 bridgehead atoms. The SMILES string of the molecule is Cc1ccc(C)n1-c1ccc(OCc2ccc(C(=O)N/N=C/c3ccc(OCC(N)=O)c(Cl)c3)o2)cc1. The van der Waals surface area contributed by atoms with Crippen LogP contribution in [0.5, 0.6) is 11.5 Å². The third-order valence-corrected chi connectivity index (χ3v) is 5.63. The number of carbonyl (C=O) groups excluding carboxylic acids is 2. The minimum Gasteiger partial charge on any atom is -0.486 e. The summed E-state index contributed by atoms with van der Waals surface area (Å²) in [6.45, 7) is 4.01. The molecule has 4 rings (SSSR count). The summed E-state index contributed by atoms with van der Waals surface area (Å²) in [7, 11) is 0. The molecule has 0 aliphatic carbocycles. The van der Waals surface area contributed by atoms with E-state index in [-0.39, 0.29) is 24.0 Å². The molecule has 2 aromatic heterocycles. The summed E-state index contributed by atoms with van der Waals surface area (Å²) in [6, 6.07) is 19.9. The number of nitrogens with one attached hydrogen (secondary N) is 1. The summed E-state index contributed by atoms with van der Waals surface area (Å²) in [5.41, 5.74) is 11.4. The summed E-state index contributed by atoms with van der Waals surface area (Å²) in [4.78, 5) is 23.2. The number of primary amides is 1. The number of hydrogen-bond acceptors (Lipinski definition) is 6. The van der Waals surface area contributed by atoms with Gasteiger partial charge in [-0.2, -0.15) is 5.10 Å². The number of aromatic nitrogens is 1. The number of halogens is 1. The zero-order valence-electron chi connectivity index (χ0n) is 20.2. The van der Waals surface area contributed by atoms with Crippen LogP contribution in [0.3, 0.4) is 0 Å². The highest BCUT2D eigenvalue weighted by Gasteiger charge is 2.11. The Morgan fingerprint density at radius 1 is 1.03 bits per heavy atom. The zero-order chi connectivity index (χ0) is 26.4. The van der Waals surface area contributed by atoms with E-state index in [0.29, 0.717) is 22.8 Å². The fourth-order valence-electron chi connectivity index (χ4n) is 3.58. The third kappa shape index (κ3) is 6.59. The molecule has 37 heavy (non-hydrogen) atoms. The molecule has 0 atom stereocenters. The van der Waals surface area contributed by atoms with Crippen molar-refractivity contribution in [1.82, 2.24) is 9.99 Å². The molecule has 0 unspecified atom stereocenters. The summed E-state index contributed by atoms with van der Waals surface area (Å²) in [5.74, 6) is 0.463. The number of amides is 2. The van der Waals surface area contributed by atoms with Crippen molar-refractivity contribution in [2.24, 2.45) is 10.8 Å². The topological polar surface area (TPSA) is 121 Å². The van der Waals surface area contributed by atoms with Crippen LogP contribution in [0.2, 0.25) is 5.02 Å². The highest BCUT2D eigenvalue weighted by atomic mass is 35.5. The van der Waals surface area contributed by atoms with Gasteiger partial charge in [0, 0.05) is 17.1 Å². The first kappa shape index (κ1) is 25.6. The first-order chi connectivity index (χ1) is 17.8. The van der Waals surface area contributed by atoms with Gasteiger partial charge in [-0.3, -0.25) is 9.59 Å². The van der Waals surface area contributed by atoms with Crippen molar-refractivity contribution in [3.63, 3.8) is 0 Å². The Hall–Kier alpha value is -4.50. The van der Waals surface area contributed by atoms with Crippen molar-refractivity contribution in [2.75, 3.05) is 6.61 Å². The number of nitrogens with zero attached hydrogens (tertiary/aromatic N) is 2. The molecule has 2 amide bonds. The largest absolute Gasteiger partial charge is 0.486 e. The predicted octanol–water partition coefficient (Wildman–Crippen LogP) is 4.55. The minimum absolute atomic E-state index is 0.0953. The Morgan fingerprint density at radius 2 is 1.76 bits per heavy atom. The van der Waals surface area contributed by atoms with Gasteiger partial charge in [-0.25, -0.2) is 5.43 Å². The normalized spacial score (nSPS) is 11.0. The number of rotatable bonds is 10. The maximum absolute atomic E-state index is 12.3. The zero-order valence-corrected chi connectivity index (χ0v) is 21.0. The highest BCUT2D eigenvalue weighted by molar-refractivity contribution is 6.32. The van der Waals surface area contributed by atoms with Gasteiger partial charge in [0.25, 0.3) is 5.91 Å². The molecule has 190 valence electrons. The number of benzene rings is 2. The lowest BCUT2D eigenvalue weighted by atomic mass is 10.2. The van der Waals surface area contributed by atoms with E-state index < -0.39 is 11.8 Å². The molecule has 10 heteroatoms. The Labute approximate surface area is 218 Å². The molecule has 0 aliphatic heterocycles. The van der Waals surface area contributed by atoms with Gasteiger partial charge in [-0.05, 0) is 86.1 Å². The Balaban J connectivity index is 1.28. The number of hydrazone groups is 1. The van der Waals surface area contributed by atoms with Crippen molar-refractivity contribution < 1.29 is 23.5 Å². The van der Waals surface area contributed by atoms with E-state index in [1.165, 1.54) is 6.21 Å². The lowest BCUT2D eigenvalue weighted by molar-refractivity contribution is -0.119. The molecule has 0 saturated carbocycles. The second kappa shape index (κ2) is 11.5. The number of ether oxygens (including phenoxy) is 2. The van der Waals surface area contributed by atoms with Crippen molar-refractivity contribution in [2.45, 2.75) is 20.5 Å². The Bertz CT molecular complexity index is 1420.